The fourth-order valence-corrected chi connectivity index (χ4v) is 5.42. The van der Waals surface area contributed by atoms with Crippen LogP contribution in [0.25, 0.3) is 21.6 Å². The Kier molecular flexibility index (Phi) is 5.40. The van der Waals surface area contributed by atoms with E-state index in [4.69, 9.17) is 0 Å². The normalized spacial score (nSPS) is 18.5. The summed E-state index contributed by atoms with van der Waals surface area (Å²) in [6, 6.07) is 13.0. The van der Waals surface area contributed by atoms with Crippen LogP contribution in [-0.2, 0) is 11.8 Å². The molecule has 1 saturated carbocycles. The first kappa shape index (κ1) is 21.6. The van der Waals surface area contributed by atoms with Gasteiger partial charge in [-0.2, -0.15) is 4.80 Å². The molecule has 4 aromatic rings. The number of tetrazole rings is 1. The summed E-state index contributed by atoms with van der Waals surface area (Å²) >= 11 is 1.38. The Labute approximate surface area is 192 Å². The monoisotopic (exact) mass is 468 g/mol. The highest BCUT2D eigenvalue weighted by Gasteiger charge is 2.45. The average Bonchev–Trinajstić information content (AvgIpc) is 3.48. The van der Waals surface area contributed by atoms with Crippen molar-refractivity contribution in [2.24, 2.45) is 13.0 Å². The largest absolute Gasteiger partial charge is 0.301 e. The molecule has 33 heavy (non-hydrogen) atoms. The fourth-order valence-electron chi connectivity index (χ4n) is 4.47. The molecule has 1 N–H and O–H groups in total. The minimum absolute atomic E-state index is 0.205. The van der Waals surface area contributed by atoms with Crippen molar-refractivity contribution in [2.45, 2.75) is 38.0 Å². The fraction of sp³-hybridized carbons (Fsp3) is 0.348. The Morgan fingerprint density at radius 1 is 1.24 bits per heavy atom. The molecule has 170 valence electrons. The maximum absolute atomic E-state index is 14.1. The van der Waals surface area contributed by atoms with E-state index in [9.17, 15) is 13.6 Å². The number of hydrogen-bond acceptors (Lipinski definition) is 6. The van der Waals surface area contributed by atoms with Crippen LogP contribution in [0, 0.1) is 12.8 Å². The molecule has 1 aliphatic carbocycles. The number of hydrogen-bond donors (Lipinski definition) is 1. The lowest BCUT2D eigenvalue weighted by Crippen LogP contribution is -2.27. The quantitative estimate of drug-likeness (QED) is 0.448. The minimum atomic E-state index is -2.75. The third-order valence-electron chi connectivity index (χ3n) is 6.08. The Morgan fingerprint density at radius 2 is 2.03 bits per heavy atom. The van der Waals surface area contributed by atoms with Crippen molar-refractivity contribution < 1.29 is 13.6 Å². The number of para-hydroxylation sites is 1. The van der Waals surface area contributed by atoms with Crippen LogP contribution in [0.2, 0.25) is 0 Å². The predicted octanol–water partition coefficient (Wildman–Crippen LogP) is 4.95. The van der Waals surface area contributed by atoms with Gasteiger partial charge in [0.25, 0.3) is 0 Å². The maximum atomic E-state index is 14.1. The number of anilines is 1. The number of aryl methyl sites for hydroxylation is 2. The van der Waals surface area contributed by atoms with E-state index in [0.29, 0.717) is 16.5 Å². The van der Waals surface area contributed by atoms with Crippen LogP contribution in [0.4, 0.5) is 13.9 Å². The Morgan fingerprint density at radius 3 is 2.67 bits per heavy atom. The Balaban J connectivity index is 1.45. The molecule has 0 radical (unpaired) electrons. The van der Waals surface area contributed by atoms with Crippen molar-refractivity contribution in [2.75, 3.05) is 5.32 Å². The highest BCUT2D eigenvalue weighted by Crippen LogP contribution is 2.46. The molecular formula is C23H22F2N6OS. The first-order chi connectivity index (χ1) is 15.8. The topological polar surface area (TPSA) is 85.6 Å². The number of aromatic nitrogens is 5. The van der Waals surface area contributed by atoms with E-state index >= 15 is 0 Å². The summed E-state index contributed by atoms with van der Waals surface area (Å²) in [7, 11) is 1.68. The first-order valence-corrected chi connectivity index (χ1v) is 11.5. The summed E-state index contributed by atoms with van der Waals surface area (Å²) in [5.74, 6) is -3.78. The van der Waals surface area contributed by atoms with Crippen molar-refractivity contribution in [3.05, 3.63) is 53.6 Å². The number of thiazole rings is 1. The lowest BCUT2D eigenvalue weighted by molar-refractivity contribution is -0.118. The number of carbonyl (C=O) groups excluding carboxylic acids is 1. The summed E-state index contributed by atoms with van der Waals surface area (Å²) in [6.45, 7) is 1.96. The zero-order chi connectivity index (χ0) is 23.2. The molecule has 0 saturated heterocycles. The van der Waals surface area contributed by atoms with Crippen molar-refractivity contribution in [1.82, 2.24) is 25.2 Å². The molecule has 2 unspecified atom stereocenters. The van der Waals surface area contributed by atoms with Crippen molar-refractivity contribution in [3.8, 4) is 11.4 Å². The third-order valence-corrected chi connectivity index (χ3v) is 7.02. The van der Waals surface area contributed by atoms with Gasteiger partial charge in [-0.05, 0) is 41.7 Å². The summed E-state index contributed by atoms with van der Waals surface area (Å²) < 4.78 is 29.1. The van der Waals surface area contributed by atoms with Crippen LogP contribution in [0.15, 0.2) is 42.5 Å². The van der Waals surface area contributed by atoms with Crippen LogP contribution in [0.3, 0.4) is 0 Å². The van der Waals surface area contributed by atoms with Gasteiger partial charge in [-0.15, -0.1) is 10.2 Å². The molecular weight excluding hydrogens is 446 g/mol. The molecule has 10 heteroatoms. The zero-order valence-corrected chi connectivity index (χ0v) is 18.9. The standard InChI is InChI=1S/C23H22F2N6OS/c1-13-4-3-5-17-19(13)26-22(33-17)27-21(32)18(16-10-11-23(24,25)12-16)14-6-8-15(9-7-14)20-28-30-31(2)29-20/h3-9,16,18H,10-12H2,1-2H3,(H,26,27,32). The van der Waals surface area contributed by atoms with Crippen molar-refractivity contribution in [1.29, 1.82) is 0 Å². The molecule has 2 heterocycles. The van der Waals surface area contributed by atoms with Crippen molar-refractivity contribution >= 4 is 32.6 Å². The molecule has 0 aliphatic heterocycles. The van der Waals surface area contributed by atoms with E-state index in [-0.39, 0.29) is 25.2 Å². The maximum Gasteiger partial charge on any atom is 0.248 e. The molecule has 7 nitrogen and oxygen atoms in total. The number of nitrogens with zero attached hydrogens (tertiary/aromatic N) is 5. The van der Waals surface area contributed by atoms with Crippen molar-refractivity contribution in [3.63, 3.8) is 0 Å². The van der Waals surface area contributed by atoms with Crippen LogP contribution in [-0.4, -0.2) is 37.0 Å². The van der Waals surface area contributed by atoms with Crippen LogP contribution in [0.5, 0.6) is 0 Å². The van der Waals surface area contributed by atoms with Gasteiger partial charge in [0.2, 0.25) is 17.7 Å². The highest BCUT2D eigenvalue weighted by molar-refractivity contribution is 7.22. The lowest BCUT2D eigenvalue weighted by Gasteiger charge is -2.23. The number of carbonyl (C=O) groups is 1. The SMILES string of the molecule is Cc1cccc2sc(NC(=O)C(c3ccc(-c4nnn(C)n4)cc3)C3CCC(F)(F)C3)nc12. The van der Waals surface area contributed by atoms with Gasteiger partial charge in [0.1, 0.15) is 0 Å². The highest BCUT2D eigenvalue weighted by atomic mass is 32.1. The van der Waals surface area contributed by atoms with Gasteiger partial charge < -0.3 is 5.32 Å². The summed E-state index contributed by atoms with van der Waals surface area (Å²) in [4.78, 5) is 19.3. The van der Waals surface area contributed by atoms with Gasteiger partial charge in [-0.3, -0.25) is 4.79 Å². The second kappa shape index (κ2) is 8.26. The Hall–Kier alpha value is -3.27. The number of nitrogens with one attached hydrogen (secondary N) is 1. The number of rotatable bonds is 5. The second-order valence-electron chi connectivity index (χ2n) is 8.49. The average molecular weight is 469 g/mol. The molecule has 2 aromatic heterocycles. The summed E-state index contributed by atoms with van der Waals surface area (Å²) in [5.41, 5.74) is 3.27. The number of benzene rings is 2. The number of fused-ring (bicyclic) bond motifs is 1. The van der Waals surface area contributed by atoms with Crippen LogP contribution >= 0.6 is 11.3 Å². The first-order valence-electron chi connectivity index (χ1n) is 10.7. The molecule has 1 aliphatic rings. The zero-order valence-electron chi connectivity index (χ0n) is 18.1. The van der Waals surface area contributed by atoms with Crippen LogP contribution < -0.4 is 5.32 Å². The van der Waals surface area contributed by atoms with E-state index in [1.54, 1.807) is 31.3 Å². The summed E-state index contributed by atoms with van der Waals surface area (Å²) in [6.07, 6.45) is -0.224. The molecule has 1 amide bonds. The predicted molar refractivity (Wildman–Crippen MR) is 122 cm³/mol. The van der Waals surface area contributed by atoms with E-state index in [1.165, 1.54) is 16.1 Å². The van der Waals surface area contributed by atoms with E-state index < -0.39 is 17.8 Å². The molecule has 0 spiro atoms. The van der Waals surface area contributed by atoms with Gasteiger partial charge in [-0.1, -0.05) is 47.7 Å². The third kappa shape index (κ3) is 4.35. The van der Waals surface area contributed by atoms with Crippen LogP contribution in [0.1, 0.15) is 36.3 Å². The molecule has 0 bridgehead atoms. The molecule has 5 rings (SSSR count). The molecule has 1 fully saturated rings. The van der Waals surface area contributed by atoms with E-state index in [2.05, 4.69) is 25.7 Å². The van der Waals surface area contributed by atoms with E-state index in [1.807, 2.05) is 25.1 Å². The van der Waals surface area contributed by atoms with Gasteiger partial charge in [0, 0.05) is 18.4 Å². The summed E-state index contributed by atoms with van der Waals surface area (Å²) in [5, 5.41) is 15.4. The number of alkyl halides is 2. The lowest BCUT2D eigenvalue weighted by atomic mass is 9.83. The number of halogens is 2. The number of amides is 1. The Bertz CT molecular complexity index is 1320. The van der Waals surface area contributed by atoms with Gasteiger partial charge in [0.15, 0.2) is 5.13 Å². The van der Waals surface area contributed by atoms with Gasteiger partial charge >= 0.3 is 0 Å². The van der Waals surface area contributed by atoms with Gasteiger partial charge in [-0.25, -0.2) is 13.8 Å². The molecule has 2 atom stereocenters. The minimum Gasteiger partial charge on any atom is -0.301 e. The molecule has 2 aromatic carbocycles. The smallest absolute Gasteiger partial charge is 0.248 e. The van der Waals surface area contributed by atoms with Gasteiger partial charge in [0.05, 0.1) is 23.2 Å². The second-order valence-corrected chi connectivity index (χ2v) is 9.52. The van der Waals surface area contributed by atoms with E-state index in [0.717, 1.165) is 21.3 Å².